The van der Waals surface area contributed by atoms with E-state index in [1.807, 2.05) is 6.92 Å². The number of hydrogen-bond acceptors (Lipinski definition) is 1. The molecule has 0 aromatic heterocycles. The topological polar surface area (TPSA) is 9.23 Å². The number of rotatable bonds is 6. The molecule has 0 aliphatic rings. The number of ether oxygens (including phenoxy) is 1. The Morgan fingerprint density at radius 1 is 1.50 bits per heavy atom. The van der Waals surface area contributed by atoms with E-state index in [0.717, 1.165) is 18.6 Å². The highest BCUT2D eigenvalue weighted by atomic mass is 79.9. The SMILES string of the molecule is C=C(C)COCCC[Si](C)(C)Br. The second-order valence-corrected chi connectivity index (χ2v) is 14.2. The average Bonchev–Trinajstić information content (AvgIpc) is 1.83. The molecule has 0 saturated carbocycles. The predicted octanol–water partition coefficient (Wildman–Crippen LogP) is 3.57. The third-order valence-electron chi connectivity index (χ3n) is 1.41. The van der Waals surface area contributed by atoms with Crippen LogP contribution in [0.4, 0.5) is 0 Å². The molecule has 1 nitrogen and oxygen atoms in total. The van der Waals surface area contributed by atoms with Crippen LogP contribution >= 0.6 is 15.3 Å². The first-order chi connectivity index (χ1) is 5.42. The summed E-state index contributed by atoms with van der Waals surface area (Å²) in [6.07, 6.45) is 1.16. The maximum absolute atomic E-state index is 5.39. The lowest BCUT2D eigenvalue weighted by Gasteiger charge is -2.12. The Morgan fingerprint density at radius 3 is 2.50 bits per heavy atom. The summed E-state index contributed by atoms with van der Waals surface area (Å²) in [5.74, 6) is 0. The van der Waals surface area contributed by atoms with Gasteiger partial charge in [-0.2, -0.15) is 0 Å². The molecule has 0 aromatic carbocycles. The zero-order valence-corrected chi connectivity index (χ0v) is 10.9. The summed E-state index contributed by atoms with van der Waals surface area (Å²) in [5, 5.41) is 0. The zero-order valence-electron chi connectivity index (χ0n) is 8.32. The third kappa shape index (κ3) is 10.4. The highest BCUT2D eigenvalue weighted by Crippen LogP contribution is 2.18. The lowest BCUT2D eigenvalue weighted by atomic mass is 10.4. The molecule has 72 valence electrons. The fourth-order valence-electron chi connectivity index (χ4n) is 0.841. The summed E-state index contributed by atoms with van der Waals surface area (Å²) in [4.78, 5) is 0. The van der Waals surface area contributed by atoms with Crippen LogP contribution in [0.15, 0.2) is 12.2 Å². The molecule has 0 N–H and O–H groups in total. The van der Waals surface area contributed by atoms with Gasteiger partial charge in [-0.05, 0) is 19.4 Å². The van der Waals surface area contributed by atoms with Crippen LogP contribution < -0.4 is 0 Å². The molecule has 0 aliphatic heterocycles. The van der Waals surface area contributed by atoms with Crippen molar-refractivity contribution in [1.29, 1.82) is 0 Å². The average molecular weight is 251 g/mol. The van der Waals surface area contributed by atoms with Gasteiger partial charge in [-0.15, -0.1) is 15.3 Å². The minimum atomic E-state index is -1.02. The second kappa shape index (κ2) is 5.94. The molecule has 0 saturated heterocycles. The van der Waals surface area contributed by atoms with E-state index in [4.69, 9.17) is 4.74 Å². The zero-order chi connectivity index (χ0) is 9.61. The molecule has 0 atom stereocenters. The summed E-state index contributed by atoms with van der Waals surface area (Å²) >= 11 is 3.73. The van der Waals surface area contributed by atoms with E-state index in [0.29, 0.717) is 6.61 Å². The summed E-state index contributed by atoms with van der Waals surface area (Å²) in [6.45, 7) is 10.9. The first kappa shape index (κ1) is 12.4. The van der Waals surface area contributed by atoms with E-state index in [9.17, 15) is 0 Å². The van der Waals surface area contributed by atoms with Crippen molar-refractivity contribution in [2.24, 2.45) is 0 Å². The lowest BCUT2D eigenvalue weighted by Crippen LogP contribution is -2.15. The molecule has 3 heteroatoms. The molecular weight excluding hydrogens is 232 g/mol. The molecule has 0 aliphatic carbocycles. The van der Waals surface area contributed by atoms with Crippen molar-refractivity contribution < 1.29 is 4.74 Å². The van der Waals surface area contributed by atoms with Gasteiger partial charge in [0.25, 0.3) is 0 Å². The van der Waals surface area contributed by atoms with Crippen LogP contribution in [-0.2, 0) is 4.74 Å². The predicted molar refractivity (Wildman–Crippen MR) is 61.5 cm³/mol. The van der Waals surface area contributed by atoms with Crippen molar-refractivity contribution in [3.05, 3.63) is 12.2 Å². The van der Waals surface area contributed by atoms with E-state index in [1.165, 1.54) is 6.04 Å². The molecule has 0 aromatic rings. The Labute approximate surface area is 84.8 Å². The van der Waals surface area contributed by atoms with Crippen molar-refractivity contribution in [3.8, 4) is 0 Å². The highest BCUT2D eigenvalue weighted by Gasteiger charge is 2.14. The fraction of sp³-hybridized carbons (Fsp3) is 0.778. The Hall–Kier alpha value is 0.397. The molecule has 0 spiro atoms. The van der Waals surface area contributed by atoms with E-state index < -0.39 is 6.69 Å². The Morgan fingerprint density at radius 2 is 2.08 bits per heavy atom. The van der Waals surface area contributed by atoms with Crippen LogP contribution in [0.25, 0.3) is 0 Å². The van der Waals surface area contributed by atoms with Crippen LogP contribution in [-0.4, -0.2) is 19.9 Å². The third-order valence-corrected chi connectivity index (χ3v) is 4.14. The summed E-state index contributed by atoms with van der Waals surface area (Å²) in [7, 11) is 0. The Kier molecular flexibility index (Phi) is 6.14. The molecular formula is C9H19BrOSi. The van der Waals surface area contributed by atoms with E-state index in [1.54, 1.807) is 0 Å². The van der Waals surface area contributed by atoms with Crippen LogP contribution in [0, 0.1) is 0 Å². The van der Waals surface area contributed by atoms with Crippen LogP contribution in [0.5, 0.6) is 0 Å². The summed E-state index contributed by atoms with van der Waals surface area (Å²) in [5.41, 5.74) is 1.10. The van der Waals surface area contributed by atoms with Crippen molar-refractivity contribution in [1.82, 2.24) is 0 Å². The molecule has 0 unspecified atom stereocenters. The highest BCUT2D eigenvalue weighted by molar-refractivity contribution is 9.26. The molecule has 0 bridgehead atoms. The van der Waals surface area contributed by atoms with Gasteiger partial charge in [0.2, 0.25) is 0 Å². The van der Waals surface area contributed by atoms with Gasteiger partial charge in [-0.25, -0.2) is 0 Å². The summed E-state index contributed by atoms with van der Waals surface area (Å²) < 4.78 is 5.39. The van der Waals surface area contributed by atoms with Gasteiger partial charge < -0.3 is 4.74 Å². The minimum Gasteiger partial charge on any atom is -0.377 e. The first-order valence-electron chi connectivity index (χ1n) is 4.33. The van der Waals surface area contributed by atoms with Crippen molar-refractivity contribution in [3.63, 3.8) is 0 Å². The minimum absolute atomic E-state index is 0.713. The number of hydrogen-bond donors (Lipinski definition) is 0. The van der Waals surface area contributed by atoms with Crippen LogP contribution in [0.2, 0.25) is 19.1 Å². The van der Waals surface area contributed by atoms with E-state index >= 15 is 0 Å². The Balaban J connectivity index is 3.17. The van der Waals surface area contributed by atoms with E-state index in [2.05, 4.69) is 35.0 Å². The molecule has 0 fully saturated rings. The van der Waals surface area contributed by atoms with Crippen molar-refractivity contribution >= 4 is 22.0 Å². The van der Waals surface area contributed by atoms with Gasteiger partial charge in [0.15, 0.2) is 0 Å². The molecule has 0 amide bonds. The van der Waals surface area contributed by atoms with Gasteiger partial charge in [-0.1, -0.05) is 25.2 Å². The quantitative estimate of drug-likeness (QED) is 0.303. The fourth-order valence-corrected chi connectivity index (χ4v) is 2.67. The monoisotopic (exact) mass is 250 g/mol. The molecule has 0 rings (SSSR count). The molecule has 12 heavy (non-hydrogen) atoms. The van der Waals surface area contributed by atoms with Gasteiger partial charge in [0.05, 0.1) is 6.61 Å². The molecule has 0 radical (unpaired) electrons. The molecule has 0 heterocycles. The normalized spacial score (nSPS) is 11.7. The van der Waals surface area contributed by atoms with Gasteiger partial charge >= 0.3 is 0 Å². The smallest absolute Gasteiger partial charge is 0.124 e. The summed E-state index contributed by atoms with van der Waals surface area (Å²) in [6, 6.07) is 1.28. The van der Waals surface area contributed by atoms with Crippen molar-refractivity contribution in [2.75, 3.05) is 13.2 Å². The van der Waals surface area contributed by atoms with Crippen LogP contribution in [0.3, 0.4) is 0 Å². The maximum atomic E-state index is 5.39. The van der Waals surface area contributed by atoms with Gasteiger partial charge in [0.1, 0.15) is 6.69 Å². The first-order valence-corrected chi connectivity index (χ1v) is 9.79. The lowest BCUT2D eigenvalue weighted by molar-refractivity contribution is 0.157. The second-order valence-electron chi connectivity index (χ2n) is 3.83. The van der Waals surface area contributed by atoms with Gasteiger partial charge in [-0.3, -0.25) is 0 Å². The maximum Gasteiger partial charge on any atom is 0.124 e. The standard InChI is InChI=1S/C9H19BrOSi/c1-9(2)8-11-6-5-7-12(3,4)10/h1,5-8H2,2-4H3. The van der Waals surface area contributed by atoms with E-state index in [-0.39, 0.29) is 0 Å². The van der Waals surface area contributed by atoms with Crippen LogP contribution in [0.1, 0.15) is 13.3 Å². The van der Waals surface area contributed by atoms with Gasteiger partial charge in [0, 0.05) is 6.61 Å². The largest absolute Gasteiger partial charge is 0.377 e. The Bertz CT molecular complexity index is 140. The van der Waals surface area contributed by atoms with Crippen molar-refractivity contribution in [2.45, 2.75) is 32.5 Å². The number of halogens is 1.